The highest BCUT2D eigenvalue weighted by atomic mass is 15.0. The molecule has 1 N–H and O–H groups in total. The third-order valence-corrected chi connectivity index (χ3v) is 2.17. The lowest BCUT2D eigenvalue weighted by atomic mass is 10.2. The lowest BCUT2D eigenvalue weighted by Crippen LogP contribution is -1.98. The smallest absolute Gasteiger partial charge is 0.154 e. The van der Waals surface area contributed by atoms with Crippen LogP contribution in [0.5, 0.6) is 0 Å². The second-order valence-corrected chi connectivity index (χ2v) is 3.20. The van der Waals surface area contributed by atoms with Crippen LogP contribution in [0.25, 0.3) is 17.0 Å². The summed E-state index contributed by atoms with van der Waals surface area (Å²) in [6, 6.07) is 7.97. The van der Waals surface area contributed by atoms with Gasteiger partial charge in [-0.2, -0.15) is 0 Å². The summed E-state index contributed by atoms with van der Waals surface area (Å²) in [5, 5.41) is 4.13. The molecule has 76 valence electrons. The van der Waals surface area contributed by atoms with Crippen molar-refractivity contribution in [1.82, 2.24) is 9.97 Å². The fourth-order valence-electron chi connectivity index (χ4n) is 1.51. The molecule has 3 heteroatoms. The zero-order valence-corrected chi connectivity index (χ0v) is 8.86. The third kappa shape index (κ3) is 1.81. The molecule has 0 aliphatic rings. The van der Waals surface area contributed by atoms with E-state index in [1.54, 1.807) is 0 Å². The Morgan fingerprint density at radius 3 is 2.73 bits per heavy atom. The van der Waals surface area contributed by atoms with E-state index in [9.17, 15) is 0 Å². The predicted octanol–water partition coefficient (Wildman–Crippen LogP) is 2.70. The number of rotatable bonds is 2. The molecule has 0 atom stereocenters. The molecule has 0 fully saturated rings. The van der Waals surface area contributed by atoms with Crippen molar-refractivity contribution in [1.29, 1.82) is 0 Å². The summed E-state index contributed by atoms with van der Waals surface area (Å²) < 4.78 is 0. The number of hydrogen-bond donors (Lipinski definition) is 1. The zero-order chi connectivity index (χ0) is 10.7. The molecule has 1 aromatic carbocycles. The quantitative estimate of drug-likeness (QED) is 0.808. The van der Waals surface area contributed by atoms with Crippen molar-refractivity contribution in [2.75, 3.05) is 12.4 Å². The predicted molar refractivity (Wildman–Crippen MR) is 63.8 cm³/mol. The second kappa shape index (κ2) is 4.09. The highest BCUT2D eigenvalue weighted by molar-refractivity contribution is 5.89. The topological polar surface area (TPSA) is 37.8 Å². The van der Waals surface area contributed by atoms with Crippen molar-refractivity contribution < 1.29 is 0 Å². The van der Waals surface area contributed by atoms with Crippen molar-refractivity contribution in [3.8, 4) is 0 Å². The van der Waals surface area contributed by atoms with Crippen LogP contribution in [0.4, 0.5) is 5.82 Å². The van der Waals surface area contributed by atoms with Gasteiger partial charge in [-0.1, -0.05) is 18.2 Å². The normalized spacial score (nSPS) is 11.1. The Balaban J connectivity index is 2.71. The van der Waals surface area contributed by atoms with Crippen molar-refractivity contribution in [3.63, 3.8) is 0 Å². The Labute approximate surface area is 88.9 Å². The van der Waals surface area contributed by atoms with Crippen molar-refractivity contribution in [3.05, 3.63) is 36.2 Å². The summed E-state index contributed by atoms with van der Waals surface area (Å²) in [4.78, 5) is 8.84. The first-order valence-electron chi connectivity index (χ1n) is 4.92. The van der Waals surface area contributed by atoms with Crippen molar-refractivity contribution in [2.45, 2.75) is 6.92 Å². The first-order valence-corrected chi connectivity index (χ1v) is 4.92. The van der Waals surface area contributed by atoms with Gasteiger partial charge in [0, 0.05) is 12.4 Å². The van der Waals surface area contributed by atoms with Crippen LogP contribution < -0.4 is 5.32 Å². The molecule has 0 aliphatic heterocycles. The summed E-state index contributed by atoms with van der Waals surface area (Å²) in [6.07, 6.45) is 3.83. The number of benzene rings is 1. The van der Waals surface area contributed by atoms with Gasteiger partial charge in [-0.3, -0.25) is 0 Å². The minimum Gasteiger partial charge on any atom is -0.373 e. The molecule has 3 nitrogen and oxygen atoms in total. The van der Waals surface area contributed by atoms with Gasteiger partial charge in [0.15, 0.2) is 5.82 Å². The summed E-state index contributed by atoms with van der Waals surface area (Å²) in [6.45, 7) is 1.96. The standard InChI is InChI=1S/C12H13N3/c1-3-6-11-14-10-8-5-4-7-9(10)12(13-2)15-11/h3-8H,1-2H3,(H,13,14,15)/b6-3+. The van der Waals surface area contributed by atoms with E-state index in [0.29, 0.717) is 0 Å². The van der Waals surface area contributed by atoms with Crippen LogP contribution in [-0.4, -0.2) is 17.0 Å². The van der Waals surface area contributed by atoms with Crippen LogP contribution in [0.3, 0.4) is 0 Å². The van der Waals surface area contributed by atoms with Gasteiger partial charge in [-0.25, -0.2) is 9.97 Å². The number of nitrogens with zero attached hydrogens (tertiary/aromatic N) is 2. The molecule has 0 saturated heterocycles. The molecule has 0 amide bonds. The molecule has 15 heavy (non-hydrogen) atoms. The van der Waals surface area contributed by atoms with Crippen LogP contribution in [0.2, 0.25) is 0 Å². The Bertz CT molecular complexity index is 503. The van der Waals surface area contributed by atoms with Crippen molar-refractivity contribution in [2.24, 2.45) is 0 Å². The number of fused-ring (bicyclic) bond motifs is 1. The molecule has 1 aromatic heterocycles. The number of nitrogens with one attached hydrogen (secondary N) is 1. The van der Waals surface area contributed by atoms with Crippen LogP contribution in [0.15, 0.2) is 30.3 Å². The van der Waals surface area contributed by atoms with E-state index in [4.69, 9.17) is 0 Å². The molecule has 2 aromatic rings. The summed E-state index contributed by atoms with van der Waals surface area (Å²) in [5.74, 6) is 1.61. The van der Waals surface area contributed by atoms with Crippen molar-refractivity contribution >= 4 is 22.8 Å². The minimum atomic E-state index is 0.737. The lowest BCUT2D eigenvalue weighted by Gasteiger charge is -2.05. The number of hydrogen-bond acceptors (Lipinski definition) is 3. The van der Waals surface area contributed by atoms with Gasteiger partial charge in [0.25, 0.3) is 0 Å². The Morgan fingerprint density at radius 2 is 2.00 bits per heavy atom. The van der Waals surface area contributed by atoms with E-state index < -0.39 is 0 Å². The molecular formula is C12H13N3. The minimum absolute atomic E-state index is 0.737. The monoisotopic (exact) mass is 199 g/mol. The van der Waals surface area contributed by atoms with E-state index in [2.05, 4.69) is 15.3 Å². The molecule has 0 unspecified atom stereocenters. The Hall–Kier alpha value is -1.90. The maximum Gasteiger partial charge on any atom is 0.154 e. The summed E-state index contributed by atoms with van der Waals surface area (Å²) in [5.41, 5.74) is 0.963. The van der Waals surface area contributed by atoms with Gasteiger partial charge in [0.2, 0.25) is 0 Å². The Morgan fingerprint density at radius 1 is 1.20 bits per heavy atom. The Kier molecular flexibility index (Phi) is 2.63. The molecule has 0 saturated carbocycles. The highest BCUT2D eigenvalue weighted by Gasteiger charge is 2.03. The van der Waals surface area contributed by atoms with Gasteiger partial charge in [-0.05, 0) is 25.1 Å². The van der Waals surface area contributed by atoms with Crippen LogP contribution in [-0.2, 0) is 0 Å². The first kappa shape index (κ1) is 9.65. The molecule has 2 rings (SSSR count). The maximum absolute atomic E-state index is 4.44. The highest BCUT2D eigenvalue weighted by Crippen LogP contribution is 2.19. The fraction of sp³-hybridized carbons (Fsp3) is 0.167. The number of aromatic nitrogens is 2. The number of anilines is 1. The van der Waals surface area contributed by atoms with E-state index in [1.165, 1.54) is 0 Å². The number of para-hydroxylation sites is 1. The maximum atomic E-state index is 4.44. The second-order valence-electron chi connectivity index (χ2n) is 3.20. The lowest BCUT2D eigenvalue weighted by molar-refractivity contribution is 1.17. The van der Waals surface area contributed by atoms with Gasteiger partial charge in [-0.15, -0.1) is 0 Å². The molecule has 0 radical (unpaired) electrons. The van der Waals surface area contributed by atoms with Crippen LogP contribution in [0, 0.1) is 0 Å². The average Bonchev–Trinajstić information content (AvgIpc) is 2.28. The molecule has 0 bridgehead atoms. The van der Waals surface area contributed by atoms with E-state index in [1.807, 2.05) is 50.4 Å². The molecule has 0 aliphatic carbocycles. The average molecular weight is 199 g/mol. The summed E-state index contributed by atoms with van der Waals surface area (Å²) >= 11 is 0. The van der Waals surface area contributed by atoms with Gasteiger partial charge >= 0.3 is 0 Å². The van der Waals surface area contributed by atoms with Gasteiger partial charge < -0.3 is 5.32 Å². The van der Waals surface area contributed by atoms with E-state index in [-0.39, 0.29) is 0 Å². The SMILES string of the molecule is C/C=C/c1nc(NC)c2ccccc2n1. The summed E-state index contributed by atoms with van der Waals surface area (Å²) in [7, 11) is 1.87. The molecular weight excluding hydrogens is 186 g/mol. The number of allylic oxidation sites excluding steroid dienone is 1. The van der Waals surface area contributed by atoms with Crippen LogP contribution in [0.1, 0.15) is 12.7 Å². The van der Waals surface area contributed by atoms with E-state index in [0.717, 1.165) is 22.5 Å². The van der Waals surface area contributed by atoms with Gasteiger partial charge in [0.1, 0.15) is 5.82 Å². The molecule has 0 spiro atoms. The van der Waals surface area contributed by atoms with Gasteiger partial charge in [0.05, 0.1) is 5.52 Å². The molecule has 1 heterocycles. The van der Waals surface area contributed by atoms with E-state index >= 15 is 0 Å². The third-order valence-electron chi connectivity index (χ3n) is 2.17. The largest absolute Gasteiger partial charge is 0.373 e. The zero-order valence-electron chi connectivity index (χ0n) is 8.86. The fourth-order valence-corrected chi connectivity index (χ4v) is 1.51. The van der Waals surface area contributed by atoms with Crippen LogP contribution >= 0.6 is 0 Å². The first-order chi connectivity index (χ1) is 7.35.